The molecule has 2 aromatic carbocycles. The average molecular weight is 442 g/mol. The lowest BCUT2D eigenvalue weighted by molar-refractivity contribution is -0.138. The zero-order valence-electron chi connectivity index (χ0n) is 17.9. The predicted octanol–water partition coefficient (Wildman–Crippen LogP) is 3.96. The van der Waals surface area contributed by atoms with Crippen molar-refractivity contribution in [1.29, 1.82) is 0 Å². The van der Waals surface area contributed by atoms with Gasteiger partial charge in [-0.05, 0) is 61.4 Å². The minimum Gasteiger partial charge on any atom is -0.494 e. The van der Waals surface area contributed by atoms with Crippen LogP contribution in [-0.2, 0) is 14.3 Å². The van der Waals surface area contributed by atoms with Crippen LogP contribution in [0, 0.1) is 6.92 Å². The number of carbonyl (C=O) groups excluding carboxylic acids is 2. The molecule has 0 spiro atoms. The second kappa shape index (κ2) is 12.8. The number of benzene rings is 2. The van der Waals surface area contributed by atoms with Crippen molar-refractivity contribution in [2.45, 2.75) is 26.2 Å². The van der Waals surface area contributed by atoms with Crippen molar-refractivity contribution in [3.05, 3.63) is 66.2 Å². The molecule has 0 amide bonds. The van der Waals surface area contributed by atoms with Crippen molar-refractivity contribution >= 4 is 17.9 Å². The Hall–Kier alpha value is -3.81. The monoisotopic (exact) mass is 442 g/mol. The lowest BCUT2D eigenvalue weighted by Gasteiger charge is -2.11. The first-order chi connectivity index (χ1) is 15.4. The second-order valence-electron chi connectivity index (χ2n) is 6.76. The van der Waals surface area contributed by atoms with Crippen molar-refractivity contribution in [3.8, 4) is 17.2 Å². The molecule has 8 heteroatoms. The van der Waals surface area contributed by atoms with Gasteiger partial charge in [0.1, 0.15) is 17.2 Å². The minimum absolute atomic E-state index is 0.0405. The topological polar surface area (TPSA) is 108 Å². The van der Waals surface area contributed by atoms with Crippen LogP contribution in [-0.4, -0.2) is 42.8 Å². The molecule has 0 aliphatic rings. The number of rotatable bonds is 13. The van der Waals surface area contributed by atoms with Gasteiger partial charge in [0.15, 0.2) is 0 Å². The van der Waals surface area contributed by atoms with Crippen LogP contribution >= 0.6 is 0 Å². The number of carbonyl (C=O) groups is 3. The highest BCUT2D eigenvalue weighted by Crippen LogP contribution is 2.24. The number of carboxylic acids is 1. The van der Waals surface area contributed by atoms with Gasteiger partial charge in [-0.15, -0.1) is 0 Å². The first kappa shape index (κ1) is 24.5. The predicted molar refractivity (Wildman–Crippen MR) is 116 cm³/mol. The Morgan fingerprint density at radius 1 is 0.938 bits per heavy atom. The summed E-state index contributed by atoms with van der Waals surface area (Å²) in [5.74, 6) is -0.278. The Balaban J connectivity index is 1.81. The summed E-state index contributed by atoms with van der Waals surface area (Å²) in [5, 5.41) is 8.61. The van der Waals surface area contributed by atoms with Crippen LogP contribution in [0.25, 0.3) is 0 Å². The van der Waals surface area contributed by atoms with Crippen molar-refractivity contribution in [2.24, 2.45) is 0 Å². The molecule has 0 aromatic heterocycles. The van der Waals surface area contributed by atoms with Crippen LogP contribution in [0.5, 0.6) is 17.2 Å². The number of esters is 2. The van der Waals surface area contributed by atoms with Crippen molar-refractivity contribution in [1.82, 2.24) is 0 Å². The molecule has 0 atom stereocenters. The van der Waals surface area contributed by atoms with E-state index in [1.54, 1.807) is 42.5 Å². The van der Waals surface area contributed by atoms with E-state index in [1.165, 1.54) is 0 Å². The fraction of sp³-hybridized carbons (Fsp3) is 0.292. The molecule has 0 bridgehead atoms. The van der Waals surface area contributed by atoms with E-state index >= 15 is 0 Å². The number of carboxylic acid groups (broad SMARTS) is 1. The van der Waals surface area contributed by atoms with Crippen LogP contribution in [0.2, 0.25) is 0 Å². The zero-order chi connectivity index (χ0) is 23.3. The lowest BCUT2D eigenvalue weighted by Crippen LogP contribution is -2.09. The van der Waals surface area contributed by atoms with Crippen molar-refractivity contribution < 1.29 is 38.4 Å². The molecule has 0 fully saturated rings. The van der Waals surface area contributed by atoms with Gasteiger partial charge in [-0.3, -0.25) is 4.79 Å². The molecule has 0 aliphatic carbocycles. The van der Waals surface area contributed by atoms with Gasteiger partial charge in [0.25, 0.3) is 0 Å². The third-order valence-corrected chi connectivity index (χ3v) is 4.21. The number of aliphatic carboxylic acids is 1. The molecule has 1 N–H and O–H groups in total. The number of ether oxygens (including phenoxy) is 4. The molecule has 0 aliphatic heterocycles. The number of hydrogen-bond acceptors (Lipinski definition) is 7. The minimum atomic E-state index is -0.868. The quantitative estimate of drug-likeness (QED) is 0.215. The SMILES string of the molecule is C=CC(=O)OCCCOc1ccc(OC(=O)c2ccc(OCCCC(=O)O)cc2)cc1C. The Morgan fingerprint density at radius 3 is 2.28 bits per heavy atom. The van der Waals surface area contributed by atoms with Gasteiger partial charge >= 0.3 is 17.9 Å². The summed E-state index contributed by atoms with van der Waals surface area (Å²) in [6.45, 7) is 6.05. The molecule has 2 rings (SSSR count). The molecule has 170 valence electrons. The first-order valence-electron chi connectivity index (χ1n) is 10.1. The van der Waals surface area contributed by atoms with E-state index in [4.69, 9.17) is 24.1 Å². The lowest BCUT2D eigenvalue weighted by atomic mass is 10.2. The van der Waals surface area contributed by atoms with Crippen LogP contribution in [0.15, 0.2) is 55.1 Å². The Morgan fingerprint density at radius 2 is 1.62 bits per heavy atom. The summed E-state index contributed by atoms with van der Waals surface area (Å²) in [7, 11) is 0. The highest BCUT2D eigenvalue weighted by molar-refractivity contribution is 5.91. The van der Waals surface area contributed by atoms with E-state index in [1.807, 2.05) is 6.92 Å². The van der Waals surface area contributed by atoms with Crippen LogP contribution < -0.4 is 14.2 Å². The van der Waals surface area contributed by atoms with E-state index in [2.05, 4.69) is 6.58 Å². The van der Waals surface area contributed by atoms with Crippen LogP contribution in [0.1, 0.15) is 35.2 Å². The summed E-state index contributed by atoms with van der Waals surface area (Å²) in [5.41, 5.74) is 1.15. The Bertz CT molecular complexity index is 934. The second-order valence-corrected chi connectivity index (χ2v) is 6.76. The number of hydrogen-bond donors (Lipinski definition) is 1. The van der Waals surface area contributed by atoms with Gasteiger partial charge in [-0.1, -0.05) is 6.58 Å². The summed E-state index contributed by atoms with van der Waals surface area (Å²) in [6, 6.07) is 11.5. The third-order valence-electron chi connectivity index (χ3n) is 4.21. The third kappa shape index (κ3) is 8.51. The maximum Gasteiger partial charge on any atom is 0.343 e. The average Bonchev–Trinajstić information content (AvgIpc) is 2.77. The largest absolute Gasteiger partial charge is 0.494 e. The molecule has 8 nitrogen and oxygen atoms in total. The summed E-state index contributed by atoms with van der Waals surface area (Å²) in [6.07, 6.45) is 2.09. The molecular weight excluding hydrogens is 416 g/mol. The van der Waals surface area contributed by atoms with E-state index in [0.717, 1.165) is 11.6 Å². The Kier molecular flexibility index (Phi) is 9.77. The van der Waals surface area contributed by atoms with Crippen LogP contribution in [0.3, 0.4) is 0 Å². The van der Waals surface area contributed by atoms with E-state index < -0.39 is 17.9 Å². The summed E-state index contributed by atoms with van der Waals surface area (Å²) >= 11 is 0. The molecule has 32 heavy (non-hydrogen) atoms. The molecule has 0 radical (unpaired) electrons. The van der Waals surface area contributed by atoms with Crippen molar-refractivity contribution in [3.63, 3.8) is 0 Å². The zero-order valence-corrected chi connectivity index (χ0v) is 17.9. The molecular formula is C24H26O8. The van der Waals surface area contributed by atoms with Crippen LogP contribution in [0.4, 0.5) is 0 Å². The van der Waals surface area contributed by atoms with E-state index in [-0.39, 0.29) is 19.6 Å². The normalized spacial score (nSPS) is 10.2. The van der Waals surface area contributed by atoms with Gasteiger partial charge in [0, 0.05) is 18.9 Å². The van der Waals surface area contributed by atoms with Gasteiger partial charge in [0.05, 0.1) is 25.4 Å². The number of aryl methyl sites for hydroxylation is 1. The highest BCUT2D eigenvalue weighted by Gasteiger charge is 2.11. The fourth-order valence-electron chi connectivity index (χ4n) is 2.59. The molecule has 0 heterocycles. The highest BCUT2D eigenvalue weighted by atomic mass is 16.5. The fourth-order valence-corrected chi connectivity index (χ4v) is 2.59. The first-order valence-corrected chi connectivity index (χ1v) is 10.1. The van der Waals surface area contributed by atoms with Gasteiger partial charge < -0.3 is 24.1 Å². The maximum absolute atomic E-state index is 12.4. The van der Waals surface area contributed by atoms with Gasteiger partial charge in [-0.25, -0.2) is 9.59 Å². The maximum atomic E-state index is 12.4. The van der Waals surface area contributed by atoms with Gasteiger partial charge in [-0.2, -0.15) is 0 Å². The van der Waals surface area contributed by atoms with Crippen molar-refractivity contribution in [2.75, 3.05) is 19.8 Å². The van der Waals surface area contributed by atoms with E-state index in [9.17, 15) is 14.4 Å². The molecule has 0 saturated carbocycles. The molecule has 2 aromatic rings. The van der Waals surface area contributed by atoms with E-state index in [0.29, 0.717) is 42.3 Å². The Labute approximate surface area is 186 Å². The molecule has 0 saturated heterocycles. The standard InChI is InChI=1S/C24H26O8/c1-3-23(27)31-15-5-14-30-21-12-11-20(16-17(21)2)32-24(28)18-7-9-19(10-8-18)29-13-4-6-22(25)26/h3,7-12,16H,1,4-6,13-15H2,2H3,(H,25,26). The summed E-state index contributed by atoms with van der Waals surface area (Å²) < 4.78 is 21.4. The molecule has 0 unspecified atom stereocenters. The summed E-state index contributed by atoms with van der Waals surface area (Å²) in [4.78, 5) is 33.8. The smallest absolute Gasteiger partial charge is 0.343 e. The van der Waals surface area contributed by atoms with Gasteiger partial charge in [0.2, 0.25) is 0 Å².